The molecule has 0 aromatic heterocycles. The van der Waals surface area contributed by atoms with Crippen molar-refractivity contribution in [2.24, 2.45) is 17.8 Å². The van der Waals surface area contributed by atoms with E-state index in [0.29, 0.717) is 17.9 Å². The monoisotopic (exact) mass is 565 g/mol. The molecule has 0 saturated heterocycles. The molecule has 0 fully saturated rings. The quantitative estimate of drug-likeness (QED) is 0.172. The molecule has 226 valence electrons. The molecule has 10 heteroatoms. The molecule has 40 heavy (non-hydrogen) atoms. The fourth-order valence-corrected chi connectivity index (χ4v) is 3.44. The third kappa shape index (κ3) is 14.3. The van der Waals surface area contributed by atoms with E-state index in [2.05, 4.69) is 5.32 Å². The first-order valence-electron chi connectivity index (χ1n) is 14.2. The first-order valence-corrected chi connectivity index (χ1v) is 14.2. The van der Waals surface area contributed by atoms with E-state index in [0.717, 1.165) is 12.8 Å². The van der Waals surface area contributed by atoms with Crippen LogP contribution in [0.4, 0.5) is 4.79 Å². The van der Waals surface area contributed by atoms with E-state index in [-0.39, 0.29) is 55.7 Å². The Labute approximate surface area is 238 Å². The summed E-state index contributed by atoms with van der Waals surface area (Å²) in [5, 5.41) is 12.7. The number of hydrogen-bond donors (Lipinski definition) is 2. The number of rotatable bonds is 18. The van der Waals surface area contributed by atoms with Crippen LogP contribution in [0.25, 0.3) is 0 Å². The van der Waals surface area contributed by atoms with Crippen LogP contribution in [0.5, 0.6) is 11.5 Å². The highest BCUT2D eigenvalue weighted by Gasteiger charge is 2.22. The molecule has 1 aromatic carbocycles. The smallest absolute Gasteiger partial charge is 0.480 e. The van der Waals surface area contributed by atoms with Gasteiger partial charge in [0.1, 0.15) is 12.1 Å². The van der Waals surface area contributed by atoms with Gasteiger partial charge in [0, 0.05) is 19.4 Å². The molecule has 0 aliphatic carbocycles. The van der Waals surface area contributed by atoms with Crippen molar-refractivity contribution in [2.75, 3.05) is 13.2 Å². The van der Waals surface area contributed by atoms with Crippen LogP contribution in [0.15, 0.2) is 18.2 Å². The number of hydrogen-bond acceptors (Lipinski definition) is 9. The summed E-state index contributed by atoms with van der Waals surface area (Å²) in [6.07, 6.45) is 1.35. The van der Waals surface area contributed by atoms with Gasteiger partial charge in [-0.15, -0.1) is 0 Å². The maximum Gasteiger partial charge on any atom is 0.508 e. The number of nitrogens with one attached hydrogen (secondary N) is 1. The Balaban J connectivity index is 2.94. The number of benzene rings is 1. The summed E-state index contributed by atoms with van der Waals surface area (Å²) < 4.78 is 21.3. The van der Waals surface area contributed by atoms with Crippen LogP contribution < -0.4 is 14.8 Å². The molecule has 3 unspecified atom stereocenters. The van der Waals surface area contributed by atoms with Gasteiger partial charge in [0.05, 0.1) is 6.61 Å². The molecule has 0 amide bonds. The van der Waals surface area contributed by atoms with Crippen molar-refractivity contribution in [1.82, 2.24) is 5.32 Å². The number of ether oxygens (including phenoxy) is 4. The average Bonchev–Trinajstić information content (AvgIpc) is 2.87. The molecular formula is C30H47NO9. The summed E-state index contributed by atoms with van der Waals surface area (Å²) in [5.74, 6) is -1.21. The van der Waals surface area contributed by atoms with Gasteiger partial charge in [0.2, 0.25) is 0 Å². The molecule has 4 atom stereocenters. The first kappa shape index (κ1) is 34.9. The third-order valence-corrected chi connectivity index (χ3v) is 6.48. The summed E-state index contributed by atoms with van der Waals surface area (Å²) in [5.41, 5.74) is 0.551. The normalized spacial score (nSPS) is 14.1. The highest BCUT2D eigenvalue weighted by atomic mass is 16.7. The minimum atomic E-state index is -1.11. The Hall–Kier alpha value is -3.14. The third-order valence-electron chi connectivity index (χ3n) is 6.48. The molecule has 0 aliphatic heterocycles. The Morgan fingerprint density at radius 3 is 1.98 bits per heavy atom. The maximum absolute atomic E-state index is 12.5. The van der Waals surface area contributed by atoms with Crippen LogP contribution in [0, 0.1) is 17.8 Å². The highest BCUT2D eigenvalue weighted by Crippen LogP contribution is 2.31. The zero-order valence-corrected chi connectivity index (χ0v) is 25.0. The van der Waals surface area contributed by atoms with Crippen molar-refractivity contribution in [3.63, 3.8) is 0 Å². The van der Waals surface area contributed by atoms with Crippen LogP contribution >= 0.6 is 0 Å². The molecule has 0 heterocycles. The van der Waals surface area contributed by atoms with Gasteiger partial charge in [-0.3, -0.25) is 14.4 Å². The van der Waals surface area contributed by atoms with E-state index >= 15 is 0 Å². The summed E-state index contributed by atoms with van der Waals surface area (Å²) in [6.45, 7) is 13.8. The first-order chi connectivity index (χ1) is 18.8. The fourth-order valence-electron chi connectivity index (χ4n) is 3.44. The zero-order valence-electron chi connectivity index (χ0n) is 25.0. The van der Waals surface area contributed by atoms with Crippen LogP contribution in [-0.4, -0.2) is 54.5 Å². The number of carboxylic acids is 1. The molecule has 0 aliphatic rings. The summed E-state index contributed by atoms with van der Waals surface area (Å²) >= 11 is 0. The van der Waals surface area contributed by atoms with E-state index in [9.17, 15) is 24.3 Å². The van der Waals surface area contributed by atoms with Crippen molar-refractivity contribution >= 4 is 24.1 Å². The van der Waals surface area contributed by atoms with Gasteiger partial charge in [-0.1, -0.05) is 60.5 Å². The van der Waals surface area contributed by atoms with E-state index in [4.69, 9.17) is 18.9 Å². The van der Waals surface area contributed by atoms with Crippen molar-refractivity contribution in [3.8, 4) is 11.5 Å². The molecule has 1 rings (SSSR count). The molecule has 2 N–H and O–H groups in total. The van der Waals surface area contributed by atoms with Gasteiger partial charge in [0.15, 0.2) is 11.5 Å². The second-order valence-electron chi connectivity index (χ2n) is 10.9. The Morgan fingerprint density at radius 2 is 1.45 bits per heavy atom. The molecule has 0 bridgehead atoms. The van der Waals surface area contributed by atoms with Gasteiger partial charge in [-0.05, 0) is 55.2 Å². The summed E-state index contributed by atoms with van der Waals surface area (Å²) in [7, 11) is 0. The molecule has 0 spiro atoms. The van der Waals surface area contributed by atoms with Crippen LogP contribution in [0.2, 0.25) is 0 Å². The minimum absolute atomic E-state index is 0.0396. The fraction of sp³-hybridized carbons (Fsp3) is 0.667. The van der Waals surface area contributed by atoms with Gasteiger partial charge in [-0.25, -0.2) is 4.79 Å². The number of carbonyl (C=O) groups is 4. The Kier molecular flexibility index (Phi) is 15.9. The van der Waals surface area contributed by atoms with Crippen molar-refractivity contribution in [1.29, 1.82) is 0 Å². The number of carboxylic acid groups (broad SMARTS) is 1. The lowest BCUT2D eigenvalue weighted by atomic mass is 10.0. The molecular weight excluding hydrogens is 518 g/mol. The van der Waals surface area contributed by atoms with Crippen LogP contribution in [0.1, 0.15) is 86.1 Å². The van der Waals surface area contributed by atoms with Gasteiger partial charge < -0.3 is 29.4 Å². The predicted molar refractivity (Wildman–Crippen MR) is 150 cm³/mol. The van der Waals surface area contributed by atoms with Crippen molar-refractivity contribution in [2.45, 2.75) is 99.1 Å². The maximum atomic E-state index is 12.5. The second kappa shape index (κ2) is 18.3. The molecule has 10 nitrogen and oxygen atoms in total. The predicted octanol–water partition coefficient (Wildman–Crippen LogP) is 5.54. The lowest BCUT2D eigenvalue weighted by Gasteiger charge is -2.19. The second-order valence-corrected chi connectivity index (χ2v) is 10.9. The van der Waals surface area contributed by atoms with Gasteiger partial charge in [-0.2, -0.15) is 0 Å². The van der Waals surface area contributed by atoms with Crippen molar-refractivity contribution < 1.29 is 43.2 Å². The highest BCUT2D eigenvalue weighted by molar-refractivity contribution is 5.77. The van der Waals surface area contributed by atoms with Gasteiger partial charge >= 0.3 is 24.1 Å². The topological polar surface area (TPSA) is 137 Å². The SMILES string of the molecule is CCC(C)CC(=O)Oc1ccc(C[C@H](NCC(C)OC(=O)OCCC(C)C)C(=O)O)cc1OC(=O)CC(C)CC. The van der Waals surface area contributed by atoms with E-state index in [1.807, 2.05) is 41.5 Å². The van der Waals surface area contributed by atoms with E-state index in [1.54, 1.807) is 13.0 Å². The number of aliphatic carboxylic acids is 1. The van der Waals surface area contributed by atoms with Crippen LogP contribution in [-0.2, 0) is 30.3 Å². The van der Waals surface area contributed by atoms with Gasteiger partial charge in [0.25, 0.3) is 0 Å². The summed E-state index contributed by atoms with van der Waals surface area (Å²) in [4.78, 5) is 48.7. The Morgan fingerprint density at radius 1 is 0.875 bits per heavy atom. The lowest BCUT2D eigenvalue weighted by molar-refractivity contribution is -0.139. The minimum Gasteiger partial charge on any atom is -0.480 e. The average molecular weight is 566 g/mol. The summed E-state index contributed by atoms with van der Waals surface area (Å²) in [6, 6.07) is 3.63. The van der Waals surface area contributed by atoms with Crippen LogP contribution in [0.3, 0.4) is 0 Å². The lowest BCUT2D eigenvalue weighted by Crippen LogP contribution is -2.42. The molecule has 0 radical (unpaired) electrons. The van der Waals surface area contributed by atoms with Crippen molar-refractivity contribution in [3.05, 3.63) is 23.8 Å². The van der Waals surface area contributed by atoms with E-state index in [1.165, 1.54) is 12.1 Å². The molecule has 1 aromatic rings. The standard InChI is InChI=1S/C30H47NO9/c1-8-20(5)14-27(32)39-25-11-10-23(17-26(25)40-28(33)15-21(6)9-2)16-24(29(34)35)31-18-22(7)38-30(36)37-13-12-19(3)4/h10-11,17,19-22,24,31H,8-9,12-16,18H2,1-7H3,(H,34,35)/t20?,21?,22?,24-/m0/s1. The largest absolute Gasteiger partial charge is 0.508 e. The zero-order chi connectivity index (χ0) is 30.2. The molecule has 0 saturated carbocycles. The number of esters is 2. The number of carbonyl (C=O) groups excluding carboxylic acids is 3. The Bertz CT molecular complexity index is 962. The van der Waals surface area contributed by atoms with E-state index < -0.39 is 36.2 Å².